The summed E-state index contributed by atoms with van der Waals surface area (Å²) in [4.78, 5) is 23.2. The number of phosphoric acid groups is 1. The number of aliphatic hydroxyl groups excluding tert-OH is 1. The zero-order chi connectivity index (χ0) is 50.6. The Hall–Kier alpha value is -2.32. The van der Waals surface area contributed by atoms with Gasteiger partial charge in [0.15, 0.2) is 0 Å². The van der Waals surface area contributed by atoms with Gasteiger partial charge in [0, 0.05) is 6.42 Å². The normalized spacial score (nSPS) is 14.6. The molecule has 69 heavy (non-hydrogen) atoms. The largest absolute Gasteiger partial charge is 0.472 e. The van der Waals surface area contributed by atoms with Crippen molar-refractivity contribution in [1.29, 1.82) is 0 Å². The van der Waals surface area contributed by atoms with Crippen LogP contribution in [0.4, 0.5) is 0 Å². The standard InChI is InChI=1S/C60H109N2O6P/c1-6-8-10-12-14-16-18-20-21-22-23-24-25-26-27-28-29-30-31-32-33-34-35-36-37-38-39-40-41-42-44-46-48-50-52-54-60(64)61-58(57-68-69(65,66)67-56-55-62(3,4)5)59(63)53-51-49-47-45-43-19-17-15-13-11-9-7-2/h8,10,14,16,20-21,23-24,26-27,43,45,51,53,58-59,63H,6-7,9,11-13,15,17-19,22,25,28-42,44,46-50,52,54-57H2,1-5H3,(H-,61,64,65,66)/p+1/b10-8-,16-14-,21-20-,24-23-,27-26-,45-43+,53-51+. The average molecular weight is 987 g/mol. The van der Waals surface area contributed by atoms with Gasteiger partial charge in [-0.2, -0.15) is 0 Å². The predicted octanol–water partition coefficient (Wildman–Crippen LogP) is 17.3. The minimum atomic E-state index is -4.35. The summed E-state index contributed by atoms with van der Waals surface area (Å²) in [7, 11) is 1.55. The fourth-order valence-corrected chi connectivity index (χ4v) is 8.64. The number of phosphoric ester groups is 1. The van der Waals surface area contributed by atoms with Gasteiger partial charge in [-0.05, 0) is 77.0 Å². The first-order valence-electron chi connectivity index (χ1n) is 28.5. The van der Waals surface area contributed by atoms with E-state index in [1.807, 2.05) is 27.2 Å². The molecule has 0 saturated carbocycles. The van der Waals surface area contributed by atoms with Gasteiger partial charge < -0.3 is 19.8 Å². The molecule has 0 spiro atoms. The number of nitrogens with zero attached hydrogens (tertiary/aromatic N) is 1. The quantitative estimate of drug-likeness (QED) is 0.0243. The van der Waals surface area contributed by atoms with Gasteiger partial charge in [-0.1, -0.05) is 240 Å². The molecule has 0 aromatic heterocycles. The summed E-state index contributed by atoms with van der Waals surface area (Å²) in [5, 5.41) is 13.8. The number of aliphatic hydroxyl groups is 1. The van der Waals surface area contributed by atoms with E-state index in [2.05, 4.69) is 92.1 Å². The molecule has 0 fully saturated rings. The molecule has 3 unspecified atom stereocenters. The summed E-state index contributed by atoms with van der Waals surface area (Å²) in [6.45, 7) is 4.66. The monoisotopic (exact) mass is 986 g/mol. The van der Waals surface area contributed by atoms with Crippen molar-refractivity contribution in [3.05, 3.63) is 85.1 Å². The van der Waals surface area contributed by atoms with E-state index >= 15 is 0 Å². The smallest absolute Gasteiger partial charge is 0.387 e. The van der Waals surface area contributed by atoms with Crippen molar-refractivity contribution < 1.29 is 32.9 Å². The Balaban J connectivity index is 4.00. The van der Waals surface area contributed by atoms with Gasteiger partial charge in [-0.15, -0.1) is 0 Å². The van der Waals surface area contributed by atoms with E-state index in [4.69, 9.17) is 9.05 Å². The molecular formula is C60H110N2O6P+. The molecule has 0 radical (unpaired) electrons. The lowest BCUT2D eigenvalue weighted by atomic mass is 10.0. The first-order chi connectivity index (χ1) is 33.5. The lowest BCUT2D eigenvalue weighted by Gasteiger charge is -2.25. The van der Waals surface area contributed by atoms with E-state index in [0.717, 1.165) is 70.6 Å². The molecule has 400 valence electrons. The highest BCUT2D eigenvalue weighted by Crippen LogP contribution is 2.43. The molecule has 9 heteroatoms. The molecule has 0 heterocycles. The number of carbonyl (C=O) groups is 1. The van der Waals surface area contributed by atoms with E-state index < -0.39 is 20.0 Å². The fourth-order valence-electron chi connectivity index (χ4n) is 7.91. The number of quaternary nitrogens is 1. The molecule has 3 N–H and O–H groups in total. The maximum absolute atomic E-state index is 12.9. The Morgan fingerprint density at radius 1 is 0.507 bits per heavy atom. The van der Waals surface area contributed by atoms with Crippen molar-refractivity contribution in [3.63, 3.8) is 0 Å². The summed E-state index contributed by atoms with van der Waals surface area (Å²) >= 11 is 0. The second-order valence-corrected chi connectivity index (χ2v) is 21.7. The molecule has 3 atom stereocenters. The third kappa shape index (κ3) is 53.3. The van der Waals surface area contributed by atoms with Gasteiger partial charge in [-0.3, -0.25) is 13.8 Å². The topological polar surface area (TPSA) is 105 Å². The predicted molar refractivity (Wildman–Crippen MR) is 299 cm³/mol. The molecule has 8 nitrogen and oxygen atoms in total. The van der Waals surface area contributed by atoms with E-state index in [9.17, 15) is 19.4 Å². The summed E-state index contributed by atoms with van der Waals surface area (Å²) in [5.41, 5.74) is 0. The Kier molecular flexibility index (Phi) is 48.9. The zero-order valence-electron chi connectivity index (χ0n) is 45.5. The van der Waals surface area contributed by atoms with Gasteiger partial charge in [0.05, 0.1) is 39.9 Å². The maximum atomic E-state index is 12.9. The molecule has 0 aromatic carbocycles. The van der Waals surface area contributed by atoms with Crippen molar-refractivity contribution in [2.24, 2.45) is 0 Å². The van der Waals surface area contributed by atoms with E-state index in [-0.39, 0.29) is 19.1 Å². The number of carbonyl (C=O) groups excluding carboxylic acids is 1. The van der Waals surface area contributed by atoms with Crippen LogP contribution in [-0.2, 0) is 18.4 Å². The molecule has 0 aliphatic rings. The van der Waals surface area contributed by atoms with Crippen LogP contribution < -0.4 is 5.32 Å². The Labute approximate surface area is 426 Å². The number of amides is 1. The molecule has 0 aromatic rings. The zero-order valence-corrected chi connectivity index (χ0v) is 46.4. The second kappa shape index (κ2) is 50.6. The van der Waals surface area contributed by atoms with Crippen molar-refractivity contribution in [3.8, 4) is 0 Å². The molecular weight excluding hydrogens is 876 g/mol. The number of allylic oxidation sites excluding steroid dienone is 13. The fraction of sp³-hybridized carbons (Fsp3) is 0.750. The van der Waals surface area contributed by atoms with Gasteiger partial charge in [0.2, 0.25) is 5.91 Å². The highest BCUT2D eigenvalue weighted by Gasteiger charge is 2.27. The molecule has 0 rings (SSSR count). The van der Waals surface area contributed by atoms with Crippen LogP contribution in [0.5, 0.6) is 0 Å². The van der Waals surface area contributed by atoms with Crippen LogP contribution >= 0.6 is 7.82 Å². The summed E-state index contributed by atoms with van der Waals surface area (Å²) in [6, 6.07) is -0.864. The Morgan fingerprint density at radius 2 is 0.884 bits per heavy atom. The molecule has 0 aliphatic heterocycles. The van der Waals surface area contributed by atoms with Gasteiger partial charge in [0.25, 0.3) is 0 Å². The van der Waals surface area contributed by atoms with E-state index in [0.29, 0.717) is 17.4 Å². The van der Waals surface area contributed by atoms with Crippen LogP contribution in [0.25, 0.3) is 0 Å². The summed E-state index contributed by atoms with van der Waals surface area (Å²) in [6.07, 6.45) is 71.3. The SMILES string of the molecule is CC/C=C\C/C=C\C/C=C\C/C=C\C/C=C\CCCCCCCCCCCCCCCCCCCCCC(=O)NC(COP(=O)(O)OCC[N+](C)(C)C)C(O)/C=C/CC/C=C/CCCCCCCC. The third-order valence-electron chi connectivity index (χ3n) is 12.3. The first-order valence-corrected chi connectivity index (χ1v) is 30.0. The average Bonchev–Trinajstić information content (AvgIpc) is 3.31. The maximum Gasteiger partial charge on any atom is 0.472 e. The van der Waals surface area contributed by atoms with Gasteiger partial charge in [0.1, 0.15) is 13.2 Å². The Morgan fingerprint density at radius 3 is 1.33 bits per heavy atom. The second-order valence-electron chi connectivity index (χ2n) is 20.3. The van der Waals surface area contributed by atoms with Gasteiger partial charge in [-0.25, -0.2) is 4.57 Å². The van der Waals surface area contributed by atoms with Crippen molar-refractivity contribution >= 4 is 13.7 Å². The lowest BCUT2D eigenvalue weighted by Crippen LogP contribution is -2.45. The first kappa shape index (κ1) is 66.7. The number of unbranched alkanes of at least 4 members (excludes halogenated alkanes) is 26. The van der Waals surface area contributed by atoms with Crippen LogP contribution in [0.2, 0.25) is 0 Å². The van der Waals surface area contributed by atoms with Crippen molar-refractivity contribution in [1.82, 2.24) is 5.32 Å². The third-order valence-corrected chi connectivity index (χ3v) is 13.3. The van der Waals surface area contributed by atoms with Crippen molar-refractivity contribution in [2.75, 3.05) is 40.9 Å². The Bertz CT molecular complexity index is 1400. The summed E-state index contributed by atoms with van der Waals surface area (Å²) < 4.78 is 23.6. The molecule has 0 aliphatic carbocycles. The molecule has 0 saturated heterocycles. The number of rotatable bonds is 51. The highest BCUT2D eigenvalue weighted by atomic mass is 31.2. The minimum Gasteiger partial charge on any atom is -0.387 e. The minimum absolute atomic E-state index is 0.0545. The molecule has 1 amide bonds. The lowest BCUT2D eigenvalue weighted by molar-refractivity contribution is -0.870. The van der Waals surface area contributed by atoms with Gasteiger partial charge >= 0.3 is 7.82 Å². The number of hydrogen-bond donors (Lipinski definition) is 3. The van der Waals surface area contributed by atoms with Crippen LogP contribution in [0, 0.1) is 0 Å². The van der Waals surface area contributed by atoms with E-state index in [1.54, 1.807) is 6.08 Å². The highest BCUT2D eigenvalue weighted by molar-refractivity contribution is 7.47. The van der Waals surface area contributed by atoms with E-state index in [1.165, 1.54) is 148 Å². The number of likely N-dealkylation sites (N-methyl/N-ethyl adjacent to an activating group) is 1. The molecule has 0 bridgehead atoms. The van der Waals surface area contributed by atoms with Crippen molar-refractivity contribution in [2.45, 2.75) is 251 Å². The van der Waals surface area contributed by atoms with Crippen LogP contribution in [0.3, 0.4) is 0 Å². The number of nitrogens with one attached hydrogen (secondary N) is 1. The number of hydrogen-bond acceptors (Lipinski definition) is 5. The van der Waals surface area contributed by atoms with Crippen LogP contribution in [0.1, 0.15) is 239 Å². The summed E-state index contributed by atoms with van der Waals surface area (Å²) in [5.74, 6) is -0.188. The van der Waals surface area contributed by atoms with Crippen LogP contribution in [-0.4, -0.2) is 73.4 Å². The van der Waals surface area contributed by atoms with Crippen LogP contribution in [0.15, 0.2) is 85.1 Å².